The molecule has 84 valence electrons. The van der Waals surface area contributed by atoms with E-state index in [-0.39, 0.29) is 11.4 Å². The first-order valence-corrected chi connectivity index (χ1v) is 4.22. The molecule has 0 bridgehead atoms. The Morgan fingerprint density at radius 3 is 2.00 bits per heavy atom. The zero-order valence-corrected chi connectivity index (χ0v) is 8.15. The number of amidine groups is 1. The van der Waals surface area contributed by atoms with Gasteiger partial charge in [-0.05, 0) is 0 Å². The molecule has 0 heterocycles. The van der Waals surface area contributed by atoms with Gasteiger partial charge in [0.1, 0.15) is 5.71 Å². The van der Waals surface area contributed by atoms with Crippen molar-refractivity contribution in [3.8, 4) is 0 Å². The number of rotatable bonds is 3. The van der Waals surface area contributed by atoms with Gasteiger partial charge in [0.05, 0.1) is 0 Å². The van der Waals surface area contributed by atoms with Crippen LogP contribution in [0.1, 0.15) is 5.56 Å². The Labute approximate surface area is 90.8 Å². The molecule has 0 saturated heterocycles. The molecular formula is C9H10N4O3. The first kappa shape index (κ1) is 11.5. The number of oxime groups is 3. The van der Waals surface area contributed by atoms with Gasteiger partial charge in [0, 0.05) is 5.56 Å². The lowest BCUT2D eigenvalue weighted by Gasteiger charge is -2.04. The van der Waals surface area contributed by atoms with E-state index >= 15 is 0 Å². The minimum Gasteiger partial charge on any atom is -0.410 e. The lowest BCUT2D eigenvalue weighted by molar-refractivity contribution is 0.311. The van der Waals surface area contributed by atoms with Crippen LogP contribution in [0.25, 0.3) is 0 Å². The first-order chi connectivity index (χ1) is 7.74. The van der Waals surface area contributed by atoms with Crippen LogP contribution in [0.15, 0.2) is 45.8 Å². The third kappa shape index (κ3) is 2.27. The van der Waals surface area contributed by atoms with Crippen molar-refractivity contribution >= 4 is 17.3 Å². The van der Waals surface area contributed by atoms with Crippen molar-refractivity contribution in [1.29, 1.82) is 0 Å². The van der Waals surface area contributed by atoms with Gasteiger partial charge in [0.2, 0.25) is 0 Å². The van der Waals surface area contributed by atoms with Gasteiger partial charge in [-0.2, -0.15) is 0 Å². The van der Waals surface area contributed by atoms with Gasteiger partial charge in [-0.15, -0.1) is 0 Å². The maximum absolute atomic E-state index is 8.83. The summed E-state index contributed by atoms with van der Waals surface area (Å²) in [6, 6.07) is 8.39. The lowest BCUT2D eigenvalue weighted by atomic mass is 10.1. The first-order valence-electron chi connectivity index (χ1n) is 4.22. The zero-order chi connectivity index (χ0) is 12.0. The van der Waals surface area contributed by atoms with Gasteiger partial charge in [0.25, 0.3) is 0 Å². The third-order valence-corrected chi connectivity index (χ3v) is 1.82. The molecule has 16 heavy (non-hydrogen) atoms. The fourth-order valence-corrected chi connectivity index (χ4v) is 1.11. The second-order valence-electron chi connectivity index (χ2n) is 2.75. The van der Waals surface area contributed by atoms with Crippen LogP contribution in [0.3, 0.4) is 0 Å². The van der Waals surface area contributed by atoms with E-state index in [0.717, 1.165) is 0 Å². The van der Waals surface area contributed by atoms with Crippen LogP contribution in [0.5, 0.6) is 0 Å². The molecule has 7 heteroatoms. The summed E-state index contributed by atoms with van der Waals surface area (Å²) in [5, 5.41) is 34.4. The van der Waals surface area contributed by atoms with Crippen LogP contribution in [-0.4, -0.2) is 32.9 Å². The normalized spacial score (nSPS) is 13.9. The van der Waals surface area contributed by atoms with E-state index in [1.54, 1.807) is 30.3 Å². The zero-order valence-electron chi connectivity index (χ0n) is 8.15. The van der Waals surface area contributed by atoms with Crippen LogP contribution in [0.4, 0.5) is 0 Å². The summed E-state index contributed by atoms with van der Waals surface area (Å²) in [6.45, 7) is 0. The van der Waals surface area contributed by atoms with E-state index in [2.05, 4.69) is 15.5 Å². The highest BCUT2D eigenvalue weighted by molar-refractivity contribution is 6.70. The van der Waals surface area contributed by atoms with Gasteiger partial charge in [0.15, 0.2) is 11.5 Å². The van der Waals surface area contributed by atoms with E-state index in [9.17, 15) is 0 Å². The molecule has 0 amide bonds. The predicted molar refractivity (Wildman–Crippen MR) is 57.4 cm³/mol. The largest absolute Gasteiger partial charge is 0.410 e. The summed E-state index contributed by atoms with van der Waals surface area (Å²) >= 11 is 0. The molecule has 0 saturated carbocycles. The molecule has 1 aromatic carbocycles. The van der Waals surface area contributed by atoms with Crippen molar-refractivity contribution in [1.82, 2.24) is 0 Å². The Morgan fingerprint density at radius 1 is 0.938 bits per heavy atom. The summed E-state index contributed by atoms with van der Waals surface area (Å²) < 4.78 is 0. The van der Waals surface area contributed by atoms with E-state index in [1.165, 1.54) is 0 Å². The molecule has 0 atom stereocenters. The Morgan fingerprint density at radius 2 is 1.56 bits per heavy atom. The van der Waals surface area contributed by atoms with E-state index in [4.69, 9.17) is 21.4 Å². The molecule has 5 N–H and O–H groups in total. The second kappa shape index (κ2) is 5.35. The molecule has 1 rings (SSSR count). The van der Waals surface area contributed by atoms with Gasteiger partial charge in [-0.1, -0.05) is 45.8 Å². The van der Waals surface area contributed by atoms with Crippen LogP contribution >= 0.6 is 0 Å². The van der Waals surface area contributed by atoms with E-state index < -0.39 is 5.84 Å². The van der Waals surface area contributed by atoms with Crippen molar-refractivity contribution in [3.63, 3.8) is 0 Å². The number of hydrogen-bond donors (Lipinski definition) is 4. The fourth-order valence-electron chi connectivity index (χ4n) is 1.11. The predicted octanol–water partition coefficient (Wildman–Crippen LogP) is 0.441. The van der Waals surface area contributed by atoms with E-state index in [1.807, 2.05) is 0 Å². The molecule has 1 aromatic rings. The smallest absolute Gasteiger partial charge is 0.194 e. The molecular weight excluding hydrogens is 212 g/mol. The lowest BCUT2D eigenvalue weighted by Crippen LogP contribution is -2.31. The quantitative estimate of drug-likeness (QED) is 0.256. The third-order valence-electron chi connectivity index (χ3n) is 1.82. The molecule has 0 aromatic heterocycles. The Balaban J connectivity index is 3.20. The molecule has 0 fully saturated rings. The van der Waals surface area contributed by atoms with Crippen molar-refractivity contribution in [3.05, 3.63) is 35.9 Å². The van der Waals surface area contributed by atoms with Crippen LogP contribution < -0.4 is 5.73 Å². The van der Waals surface area contributed by atoms with Crippen molar-refractivity contribution in [2.24, 2.45) is 21.2 Å². The van der Waals surface area contributed by atoms with E-state index in [0.29, 0.717) is 5.56 Å². The van der Waals surface area contributed by atoms with Crippen LogP contribution in [0, 0.1) is 0 Å². The fraction of sp³-hybridized carbons (Fsp3) is 0. The topological polar surface area (TPSA) is 124 Å². The highest BCUT2D eigenvalue weighted by Crippen LogP contribution is 2.03. The van der Waals surface area contributed by atoms with Crippen molar-refractivity contribution in [2.45, 2.75) is 0 Å². The van der Waals surface area contributed by atoms with Crippen LogP contribution in [-0.2, 0) is 0 Å². The Bertz CT molecular complexity index is 439. The Hall–Kier alpha value is -2.57. The second-order valence-corrected chi connectivity index (χ2v) is 2.75. The average molecular weight is 222 g/mol. The number of nitrogens with two attached hydrogens (primary N) is 1. The number of benzene rings is 1. The number of nitrogens with zero attached hydrogens (tertiary/aromatic N) is 3. The minimum absolute atomic E-state index is 0.0987. The number of hydrogen-bond acceptors (Lipinski definition) is 6. The van der Waals surface area contributed by atoms with Crippen LogP contribution in [0.2, 0.25) is 0 Å². The molecule has 0 aliphatic heterocycles. The van der Waals surface area contributed by atoms with Gasteiger partial charge in [-0.25, -0.2) is 0 Å². The average Bonchev–Trinajstić information content (AvgIpc) is 2.36. The summed E-state index contributed by atoms with van der Waals surface area (Å²) in [7, 11) is 0. The summed E-state index contributed by atoms with van der Waals surface area (Å²) in [4.78, 5) is 0. The Kier molecular flexibility index (Phi) is 3.84. The molecule has 0 spiro atoms. The van der Waals surface area contributed by atoms with Gasteiger partial charge >= 0.3 is 0 Å². The summed E-state index contributed by atoms with van der Waals surface area (Å²) in [6.07, 6.45) is 0. The van der Waals surface area contributed by atoms with Crippen molar-refractivity contribution < 1.29 is 15.6 Å². The molecule has 0 radical (unpaired) electrons. The molecule has 7 nitrogen and oxygen atoms in total. The SMILES string of the molecule is NC(=N\O)/C(=N\O)C(=N/O)/c1ccccc1. The molecule has 0 aliphatic rings. The minimum atomic E-state index is -0.459. The standard InChI is InChI=1S/C9H10N4O3/c10-9(13-16)8(12-15)7(11-14)6-4-2-1-3-5-6/h1-5,14-16H,(H2,10,13)/b11-7+,12-8-. The monoisotopic (exact) mass is 222 g/mol. The molecule has 0 aliphatic carbocycles. The van der Waals surface area contributed by atoms with Crippen molar-refractivity contribution in [2.75, 3.05) is 0 Å². The summed E-state index contributed by atoms with van der Waals surface area (Å²) in [5.41, 5.74) is 5.30. The highest BCUT2D eigenvalue weighted by Gasteiger charge is 2.17. The summed E-state index contributed by atoms with van der Waals surface area (Å²) in [5.74, 6) is -0.459. The highest BCUT2D eigenvalue weighted by atomic mass is 16.4. The molecule has 0 unspecified atom stereocenters. The van der Waals surface area contributed by atoms with Gasteiger partial charge in [-0.3, -0.25) is 0 Å². The maximum Gasteiger partial charge on any atom is 0.194 e. The van der Waals surface area contributed by atoms with Gasteiger partial charge < -0.3 is 21.4 Å². The maximum atomic E-state index is 8.83.